The van der Waals surface area contributed by atoms with Crippen LogP contribution in [0.15, 0.2) is 84.6 Å². The van der Waals surface area contributed by atoms with Crippen molar-refractivity contribution in [3.05, 3.63) is 95.7 Å². The zero-order valence-electron chi connectivity index (χ0n) is 16.8. The van der Waals surface area contributed by atoms with Crippen LogP contribution in [0.25, 0.3) is 39.0 Å². The first-order chi connectivity index (χ1) is 15.6. The van der Waals surface area contributed by atoms with Crippen molar-refractivity contribution in [2.75, 3.05) is 0 Å². The maximum absolute atomic E-state index is 13.0. The summed E-state index contributed by atoms with van der Waals surface area (Å²) in [4.78, 5) is 16.4. The van der Waals surface area contributed by atoms with Crippen molar-refractivity contribution in [2.45, 2.75) is 0 Å². The number of hydrogen-bond acceptors (Lipinski definition) is 4. The molecule has 0 aliphatic carbocycles. The maximum Gasteiger partial charge on any atom is 0.235 e. The fraction of sp³-hybridized carbons (Fsp3) is 0. The third kappa shape index (κ3) is 2.76. The summed E-state index contributed by atoms with van der Waals surface area (Å²) in [6.07, 6.45) is 1.70. The van der Waals surface area contributed by atoms with E-state index in [9.17, 15) is 15.0 Å². The first-order valence-corrected chi connectivity index (χ1v) is 10.2. The highest BCUT2D eigenvalue weighted by molar-refractivity contribution is 6.17. The normalized spacial score (nSPS) is 14.2. The molecule has 32 heavy (non-hydrogen) atoms. The van der Waals surface area contributed by atoms with Crippen LogP contribution >= 0.6 is 0 Å². The van der Waals surface area contributed by atoms with Crippen LogP contribution in [0.3, 0.4) is 0 Å². The minimum Gasteiger partial charge on any atom is -0.508 e. The molecule has 0 radical (unpaired) electrons. The predicted molar refractivity (Wildman–Crippen MR) is 124 cm³/mol. The highest BCUT2D eigenvalue weighted by Crippen LogP contribution is 2.42. The summed E-state index contributed by atoms with van der Waals surface area (Å²) in [5, 5.41) is 23.1. The van der Waals surface area contributed by atoms with Crippen molar-refractivity contribution in [1.82, 2.24) is 4.98 Å². The highest BCUT2D eigenvalue weighted by atomic mass is 16.5. The maximum atomic E-state index is 13.0. The number of aromatic amines is 1. The summed E-state index contributed by atoms with van der Waals surface area (Å²) in [5.74, 6) is -0.660. The zero-order valence-corrected chi connectivity index (χ0v) is 16.8. The average molecular weight is 419 g/mol. The number of para-hydroxylation sites is 1. The van der Waals surface area contributed by atoms with Gasteiger partial charge in [-0.15, -0.1) is 0 Å². The second-order valence-corrected chi connectivity index (χ2v) is 7.80. The van der Waals surface area contributed by atoms with Gasteiger partial charge in [0.1, 0.15) is 22.8 Å². The Morgan fingerprint density at radius 2 is 1.62 bits per heavy atom. The van der Waals surface area contributed by atoms with Crippen LogP contribution in [0.5, 0.6) is 17.2 Å². The zero-order chi connectivity index (χ0) is 21.8. The van der Waals surface area contributed by atoms with Crippen molar-refractivity contribution in [3.63, 3.8) is 0 Å². The Morgan fingerprint density at radius 3 is 2.50 bits per heavy atom. The molecule has 5 aromatic rings. The molecule has 154 valence electrons. The lowest BCUT2D eigenvalue weighted by Crippen LogP contribution is -1.98. The number of phenolic OH excluding ortho intramolecular Hbond substituents is 2. The van der Waals surface area contributed by atoms with Gasteiger partial charge in [-0.05, 0) is 34.5 Å². The largest absolute Gasteiger partial charge is 0.508 e. The molecule has 2 heterocycles. The molecule has 0 bridgehead atoms. The number of rotatable bonds is 2. The lowest BCUT2D eigenvalue weighted by Gasteiger charge is -2.05. The van der Waals surface area contributed by atoms with Gasteiger partial charge in [-0.25, -0.2) is 0 Å². The van der Waals surface area contributed by atoms with Gasteiger partial charge in [0.05, 0.1) is 5.69 Å². The Balaban J connectivity index is 1.55. The van der Waals surface area contributed by atoms with Crippen molar-refractivity contribution < 1.29 is 19.7 Å². The van der Waals surface area contributed by atoms with Crippen LogP contribution in [0.2, 0.25) is 0 Å². The quantitative estimate of drug-likeness (QED) is 0.306. The SMILES string of the molecule is O=C1/C(=C/c2c(-c3ccc4ccccc4c3)[nH]c3ccccc23)Oc2cc(O)cc(O)c21. The van der Waals surface area contributed by atoms with Gasteiger partial charge in [0.25, 0.3) is 0 Å². The molecule has 1 aromatic heterocycles. The minimum absolute atomic E-state index is 0.0566. The standard InChI is InChI=1S/C27H17NO4/c29-18-12-22(30)25-23(13-18)32-24(27(25)31)14-20-19-7-3-4-8-21(19)28-26(20)17-10-9-15-5-1-2-6-16(15)11-17/h1-14,28-30H/b24-14-. The van der Waals surface area contributed by atoms with Crippen LogP contribution in [-0.2, 0) is 0 Å². The molecule has 0 fully saturated rings. The van der Waals surface area contributed by atoms with Crippen LogP contribution in [0, 0.1) is 0 Å². The van der Waals surface area contributed by atoms with Crippen molar-refractivity contribution in [3.8, 4) is 28.5 Å². The van der Waals surface area contributed by atoms with E-state index in [0.717, 1.165) is 44.6 Å². The molecule has 3 N–H and O–H groups in total. The first kappa shape index (κ1) is 18.3. The molecule has 0 saturated carbocycles. The third-order valence-electron chi connectivity index (χ3n) is 5.80. The number of carbonyl (C=O) groups excluding carboxylic acids is 1. The minimum atomic E-state index is -0.424. The van der Waals surface area contributed by atoms with E-state index in [1.54, 1.807) is 6.08 Å². The lowest BCUT2D eigenvalue weighted by molar-refractivity contribution is 0.101. The van der Waals surface area contributed by atoms with E-state index in [4.69, 9.17) is 4.74 Å². The Bertz CT molecular complexity index is 1590. The van der Waals surface area contributed by atoms with Gasteiger partial charge in [-0.3, -0.25) is 4.79 Å². The van der Waals surface area contributed by atoms with Gasteiger partial charge in [0, 0.05) is 28.6 Å². The number of nitrogens with one attached hydrogen (secondary N) is 1. The van der Waals surface area contributed by atoms with Gasteiger partial charge < -0.3 is 19.9 Å². The van der Waals surface area contributed by atoms with Gasteiger partial charge >= 0.3 is 0 Å². The van der Waals surface area contributed by atoms with Crippen molar-refractivity contribution in [1.29, 1.82) is 0 Å². The monoisotopic (exact) mass is 419 g/mol. The number of Topliss-reactive ketones (excluding diaryl/α,β-unsaturated/α-hetero) is 1. The van der Waals surface area contributed by atoms with Crippen molar-refractivity contribution in [2.24, 2.45) is 0 Å². The number of ketones is 1. The molecule has 1 aliphatic heterocycles. The second kappa shape index (κ2) is 6.75. The summed E-state index contributed by atoms with van der Waals surface area (Å²) >= 11 is 0. The number of allylic oxidation sites excluding steroid dienone is 1. The van der Waals surface area contributed by atoms with E-state index in [1.807, 2.05) is 42.5 Å². The smallest absolute Gasteiger partial charge is 0.235 e. The van der Waals surface area contributed by atoms with Crippen LogP contribution in [0.1, 0.15) is 15.9 Å². The van der Waals surface area contributed by atoms with E-state index in [0.29, 0.717) is 0 Å². The van der Waals surface area contributed by atoms with Crippen LogP contribution in [0.4, 0.5) is 0 Å². The highest BCUT2D eigenvalue weighted by Gasteiger charge is 2.32. The molecule has 4 aromatic carbocycles. The van der Waals surface area contributed by atoms with Crippen LogP contribution < -0.4 is 4.74 Å². The molecule has 5 heteroatoms. The summed E-state index contributed by atoms with van der Waals surface area (Å²) < 4.78 is 5.74. The molecule has 6 rings (SSSR count). The molecule has 0 spiro atoms. The fourth-order valence-electron chi connectivity index (χ4n) is 4.30. The molecular formula is C27H17NO4. The number of benzene rings is 4. The Morgan fingerprint density at radius 1 is 0.844 bits per heavy atom. The van der Waals surface area contributed by atoms with E-state index >= 15 is 0 Å². The van der Waals surface area contributed by atoms with Gasteiger partial charge in [-0.1, -0.05) is 54.6 Å². The van der Waals surface area contributed by atoms with E-state index in [-0.39, 0.29) is 28.6 Å². The molecule has 0 saturated heterocycles. The number of hydrogen-bond donors (Lipinski definition) is 3. The predicted octanol–water partition coefficient (Wildman–Crippen LogP) is 6.02. The fourth-order valence-corrected chi connectivity index (χ4v) is 4.30. The second-order valence-electron chi connectivity index (χ2n) is 7.80. The Labute approximate surface area is 182 Å². The summed E-state index contributed by atoms with van der Waals surface area (Å²) in [6, 6.07) is 24.7. The number of ether oxygens (including phenoxy) is 1. The molecule has 0 amide bonds. The summed E-state index contributed by atoms with van der Waals surface area (Å²) in [6.45, 7) is 0. The summed E-state index contributed by atoms with van der Waals surface area (Å²) in [5.41, 5.74) is 3.65. The molecule has 0 atom stereocenters. The van der Waals surface area contributed by atoms with Crippen molar-refractivity contribution >= 4 is 33.5 Å². The number of aromatic hydroxyl groups is 2. The third-order valence-corrected chi connectivity index (χ3v) is 5.80. The molecule has 0 unspecified atom stereocenters. The molecular weight excluding hydrogens is 402 g/mol. The average Bonchev–Trinajstić information content (AvgIpc) is 3.31. The van der Waals surface area contributed by atoms with E-state index in [2.05, 4.69) is 29.2 Å². The van der Waals surface area contributed by atoms with Gasteiger partial charge in [0.15, 0.2) is 5.76 Å². The number of aromatic nitrogens is 1. The summed E-state index contributed by atoms with van der Waals surface area (Å²) in [7, 11) is 0. The number of phenols is 2. The Hall–Kier alpha value is -4.51. The van der Waals surface area contributed by atoms with E-state index in [1.165, 1.54) is 6.07 Å². The Kier molecular flexibility index (Phi) is 3.86. The first-order valence-electron chi connectivity index (χ1n) is 10.2. The van der Waals surface area contributed by atoms with Crippen LogP contribution in [-0.4, -0.2) is 21.0 Å². The molecule has 1 aliphatic rings. The topological polar surface area (TPSA) is 82.6 Å². The lowest BCUT2D eigenvalue weighted by atomic mass is 10.0. The van der Waals surface area contributed by atoms with Gasteiger partial charge in [-0.2, -0.15) is 0 Å². The molecule has 5 nitrogen and oxygen atoms in total. The number of H-pyrrole nitrogens is 1. The van der Waals surface area contributed by atoms with E-state index < -0.39 is 5.78 Å². The van der Waals surface area contributed by atoms with Gasteiger partial charge in [0.2, 0.25) is 5.78 Å². The number of fused-ring (bicyclic) bond motifs is 3. The number of carbonyl (C=O) groups is 1.